The zero-order chi connectivity index (χ0) is 14.8. The predicted octanol–water partition coefficient (Wildman–Crippen LogP) is 2.67. The van der Waals surface area contributed by atoms with Crippen LogP contribution in [0.5, 0.6) is 0 Å². The van der Waals surface area contributed by atoms with Crippen LogP contribution in [-0.2, 0) is 17.9 Å². The molecule has 0 saturated heterocycles. The smallest absolute Gasteiger partial charge is 0.188 e. The maximum atomic E-state index is 5.85. The summed E-state index contributed by atoms with van der Waals surface area (Å²) >= 11 is 0. The number of benzene rings is 1. The Bertz CT molecular complexity index is 416. The molecule has 1 aromatic carbocycles. The highest BCUT2D eigenvalue weighted by molar-refractivity contribution is 5.77. The Morgan fingerprint density at radius 1 is 1.30 bits per heavy atom. The second-order valence-electron chi connectivity index (χ2n) is 5.30. The lowest BCUT2D eigenvalue weighted by Gasteiger charge is -2.10. The summed E-state index contributed by atoms with van der Waals surface area (Å²) < 4.78 is 5.60. The van der Waals surface area contributed by atoms with Crippen LogP contribution in [0.1, 0.15) is 38.3 Å². The number of ether oxygens (including phenoxy) is 1. The summed E-state index contributed by atoms with van der Waals surface area (Å²) in [7, 11) is 0. The molecule has 0 saturated carbocycles. The average Bonchev–Trinajstić information content (AvgIpc) is 2.44. The van der Waals surface area contributed by atoms with Gasteiger partial charge in [0.15, 0.2) is 5.96 Å². The number of rotatable bonds is 8. The molecule has 0 radical (unpaired) electrons. The van der Waals surface area contributed by atoms with Crippen LogP contribution in [0.4, 0.5) is 0 Å². The minimum absolute atomic E-state index is 0.503. The molecule has 0 aliphatic carbocycles. The van der Waals surface area contributed by atoms with Gasteiger partial charge in [-0.15, -0.1) is 0 Å². The zero-order valence-electron chi connectivity index (χ0n) is 12.9. The summed E-state index contributed by atoms with van der Waals surface area (Å²) in [5, 5.41) is 3.12. The lowest BCUT2D eigenvalue weighted by atomic mass is 10.1. The second kappa shape index (κ2) is 9.37. The summed E-state index contributed by atoms with van der Waals surface area (Å²) in [5.41, 5.74) is 8.20. The van der Waals surface area contributed by atoms with Gasteiger partial charge in [-0.1, -0.05) is 45.0 Å². The van der Waals surface area contributed by atoms with Crippen molar-refractivity contribution in [1.82, 2.24) is 5.32 Å². The number of nitrogens with one attached hydrogen (secondary N) is 1. The van der Waals surface area contributed by atoms with Gasteiger partial charge < -0.3 is 15.8 Å². The highest BCUT2D eigenvalue weighted by Gasteiger charge is 2.02. The Morgan fingerprint density at radius 3 is 2.65 bits per heavy atom. The molecule has 0 aliphatic heterocycles. The van der Waals surface area contributed by atoms with E-state index < -0.39 is 0 Å². The Kier molecular flexibility index (Phi) is 7.73. The first-order valence-electron chi connectivity index (χ1n) is 7.31. The third-order valence-electron chi connectivity index (χ3n) is 2.84. The van der Waals surface area contributed by atoms with E-state index in [-0.39, 0.29) is 0 Å². The molecule has 0 atom stereocenters. The maximum absolute atomic E-state index is 5.85. The topological polar surface area (TPSA) is 59.6 Å². The molecule has 0 heterocycles. The fourth-order valence-corrected chi connectivity index (χ4v) is 1.71. The van der Waals surface area contributed by atoms with Crippen molar-refractivity contribution in [3.8, 4) is 0 Å². The van der Waals surface area contributed by atoms with Crippen LogP contribution in [0.2, 0.25) is 0 Å². The van der Waals surface area contributed by atoms with E-state index in [4.69, 9.17) is 10.5 Å². The number of guanidine groups is 1. The fourth-order valence-electron chi connectivity index (χ4n) is 1.71. The zero-order valence-corrected chi connectivity index (χ0v) is 12.9. The van der Waals surface area contributed by atoms with E-state index in [1.807, 2.05) is 12.1 Å². The van der Waals surface area contributed by atoms with Crippen molar-refractivity contribution in [2.24, 2.45) is 16.6 Å². The first-order chi connectivity index (χ1) is 9.63. The maximum Gasteiger partial charge on any atom is 0.188 e. The van der Waals surface area contributed by atoms with Crippen LogP contribution < -0.4 is 11.1 Å². The molecule has 4 nitrogen and oxygen atoms in total. The molecular formula is C16H27N3O. The average molecular weight is 277 g/mol. The Labute approximate surface area is 122 Å². The van der Waals surface area contributed by atoms with Gasteiger partial charge in [-0.2, -0.15) is 0 Å². The molecule has 0 fully saturated rings. The fraction of sp³-hybridized carbons (Fsp3) is 0.562. The number of nitrogens with two attached hydrogens (primary N) is 1. The van der Waals surface area contributed by atoms with Gasteiger partial charge in [-0.25, -0.2) is 4.99 Å². The van der Waals surface area contributed by atoms with E-state index in [0.717, 1.165) is 25.1 Å². The van der Waals surface area contributed by atoms with E-state index in [2.05, 4.69) is 43.2 Å². The quantitative estimate of drug-likeness (QED) is 0.436. The third kappa shape index (κ3) is 6.57. The van der Waals surface area contributed by atoms with Crippen molar-refractivity contribution < 1.29 is 4.74 Å². The second-order valence-corrected chi connectivity index (χ2v) is 5.30. The van der Waals surface area contributed by atoms with Gasteiger partial charge in [-0.05, 0) is 23.5 Å². The molecular weight excluding hydrogens is 250 g/mol. The van der Waals surface area contributed by atoms with E-state index >= 15 is 0 Å². The van der Waals surface area contributed by atoms with Gasteiger partial charge in [0.1, 0.15) is 0 Å². The van der Waals surface area contributed by atoms with Gasteiger partial charge in [0, 0.05) is 13.2 Å². The highest BCUT2D eigenvalue weighted by Crippen LogP contribution is 2.11. The summed E-state index contributed by atoms with van der Waals surface area (Å²) in [4.78, 5) is 4.38. The van der Waals surface area contributed by atoms with Crippen LogP contribution in [0, 0.1) is 5.92 Å². The molecule has 1 rings (SSSR count). The molecule has 112 valence electrons. The van der Waals surface area contributed by atoms with Gasteiger partial charge in [0.25, 0.3) is 0 Å². The number of hydrogen-bond acceptors (Lipinski definition) is 2. The lowest BCUT2D eigenvalue weighted by molar-refractivity contribution is 0.121. The van der Waals surface area contributed by atoms with Crippen molar-refractivity contribution in [1.29, 1.82) is 0 Å². The molecule has 0 unspecified atom stereocenters. The number of hydrogen-bond donors (Lipinski definition) is 2. The van der Waals surface area contributed by atoms with E-state index in [1.54, 1.807) is 0 Å². The third-order valence-corrected chi connectivity index (χ3v) is 2.84. The van der Waals surface area contributed by atoms with Crippen molar-refractivity contribution in [2.75, 3.05) is 13.2 Å². The Morgan fingerprint density at radius 2 is 2.00 bits per heavy atom. The lowest BCUT2D eigenvalue weighted by Crippen LogP contribution is -2.34. The Balaban J connectivity index is 2.55. The summed E-state index contributed by atoms with van der Waals surface area (Å²) in [6, 6.07) is 8.20. The largest absolute Gasteiger partial charge is 0.377 e. The molecule has 0 amide bonds. The molecule has 0 aromatic heterocycles. The van der Waals surface area contributed by atoms with E-state index in [0.29, 0.717) is 25.0 Å². The summed E-state index contributed by atoms with van der Waals surface area (Å²) in [5.74, 6) is 1.06. The summed E-state index contributed by atoms with van der Waals surface area (Å²) in [6.45, 7) is 9.24. The van der Waals surface area contributed by atoms with Crippen LogP contribution >= 0.6 is 0 Å². The number of nitrogens with zero attached hydrogens (tertiary/aromatic N) is 1. The Hall–Kier alpha value is -1.55. The normalized spacial score (nSPS) is 11.9. The SMILES string of the molecule is CCCOCc1ccccc1CN=C(N)NCC(C)C. The highest BCUT2D eigenvalue weighted by atomic mass is 16.5. The van der Waals surface area contributed by atoms with Crippen molar-refractivity contribution in [3.63, 3.8) is 0 Å². The molecule has 3 N–H and O–H groups in total. The standard InChI is InChI=1S/C16H27N3O/c1-4-9-20-12-15-8-6-5-7-14(15)11-19-16(17)18-10-13(2)3/h5-8,13H,4,9-12H2,1-3H3,(H3,17,18,19). The van der Waals surface area contributed by atoms with E-state index in [1.165, 1.54) is 5.56 Å². The first kappa shape index (κ1) is 16.5. The van der Waals surface area contributed by atoms with E-state index in [9.17, 15) is 0 Å². The molecule has 20 heavy (non-hydrogen) atoms. The monoisotopic (exact) mass is 277 g/mol. The van der Waals surface area contributed by atoms with Gasteiger partial charge in [0.2, 0.25) is 0 Å². The van der Waals surface area contributed by atoms with Crippen molar-refractivity contribution in [2.45, 2.75) is 40.3 Å². The van der Waals surface area contributed by atoms with Crippen LogP contribution in [0.3, 0.4) is 0 Å². The predicted molar refractivity (Wildman–Crippen MR) is 84.6 cm³/mol. The first-order valence-corrected chi connectivity index (χ1v) is 7.31. The van der Waals surface area contributed by atoms with Crippen LogP contribution in [0.15, 0.2) is 29.3 Å². The molecule has 4 heteroatoms. The minimum Gasteiger partial charge on any atom is -0.377 e. The molecule has 1 aromatic rings. The molecule has 0 bridgehead atoms. The molecule has 0 spiro atoms. The van der Waals surface area contributed by atoms with Crippen molar-refractivity contribution >= 4 is 5.96 Å². The minimum atomic E-state index is 0.503. The summed E-state index contributed by atoms with van der Waals surface area (Å²) in [6.07, 6.45) is 1.03. The van der Waals surface area contributed by atoms with Gasteiger partial charge in [0.05, 0.1) is 13.2 Å². The van der Waals surface area contributed by atoms with Crippen molar-refractivity contribution in [3.05, 3.63) is 35.4 Å². The van der Waals surface area contributed by atoms with Crippen LogP contribution in [-0.4, -0.2) is 19.1 Å². The van der Waals surface area contributed by atoms with Gasteiger partial charge in [-0.3, -0.25) is 0 Å². The molecule has 0 aliphatic rings. The van der Waals surface area contributed by atoms with Gasteiger partial charge >= 0.3 is 0 Å². The number of aliphatic imine (C=N–C) groups is 1. The van der Waals surface area contributed by atoms with Crippen LogP contribution in [0.25, 0.3) is 0 Å².